The summed E-state index contributed by atoms with van der Waals surface area (Å²) in [5, 5.41) is 7.29. The molecule has 1 unspecified atom stereocenters. The minimum Gasteiger partial charge on any atom is -0.361 e. The number of carbonyl (C=O) groups is 1. The van der Waals surface area contributed by atoms with E-state index >= 15 is 0 Å². The molecule has 1 fully saturated rings. The van der Waals surface area contributed by atoms with Crippen molar-refractivity contribution in [1.82, 2.24) is 15.4 Å². The van der Waals surface area contributed by atoms with E-state index in [1.165, 1.54) is 18.4 Å². The van der Waals surface area contributed by atoms with Gasteiger partial charge in [-0.3, -0.25) is 9.69 Å². The monoisotopic (exact) mass is 369 g/mol. The van der Waals surface area contributed by atoms with E-state index in [0.29, 0.717) is 23.9 Å². The van der Waals surface area contributed by atoms with Crippen molar-refractivity contribution in [2.45, 2.75) is 58.4 Å². The van der Waals surface area contributed by atoms with Crippen LogP contribution in [0.4, 0.5) is 0 Å². The number of amides is 1. The maximum atomic E-state index is 12.9. The standard InChI is InChI=1S/C22H31N3O2/c1-16-19(20(24-27-16)22(2,3)4)21(26)23-15-18(25-12-8-9-13-25)14-17-10-6-5-7-11-17/h5-7,10-11,18H,8-9,12-15H2,1-4H3,(H,23,26). The van der Waals surface area contributed by atoms with Crippen LogP contribution in [-0.2, 0) is 11.8 Å². The minimum absolute atomic E-state index is 0.0871. The molecule has 1 amide bonds. The van der Waals surface area contributed by atoms with Crippen molar-refractivity contribution in [3.8, 4) is 0 Å². The van der Waals surface area contributed by atoms with E-state index in [2.05, 4.69) is 39.6 Å². The van der Waals surface area contributed by atoms with Gasteiger partial charge in [0.15, 0.2) is 0 Å². The van der Waals surface area contributed by atoms with E-state index in [1.807, 2.05) is 26.8 Å². The van der Waals surface area contributed by atoms with Gasteiger partial charge in [-0.05, 0) is 44.8 Å². The number of hydrogen-bond donors (Lipinski definition) is 1. The van der Waals surface area contributed by atoms with Crippen LogP contribution in [0.5, 0.6) is 0 Å². The van der Waals surface area contributed by atoms with Gasteiger partial charge in [-0.25, -0.2) is 0 Å². The number of likely N-dealkylation sites (tertiary alicyclic amines) is 1. The first-order chi connectivity index (χ1) is 12.9. The van der Waals surface area contributed by atoms with Gasteiger partial charge in [-0.2, -0.15) is 0 Å². The lowest BCUT2D eigenvalue weighted by Gasteiger charge is -2.28. The molecule has 0 radical (unpaired) electrons. The number of hydrogen-bond acceptors (Lipinski definition) is 4. The summed E-state index contributed by atoms with van der Waals surface area (Å²) >= 11 is 0. The number of carbonyl (C=O) groups excluding carboxylic acids is 1. The van der Waals surface area contributed by atoms with Crippen LogP contribution in [0.3, 0.4) is 0 Å². The van der Waals surface area contributed by atoms with Crippen molar-refractivity contribution in [3.63, 3.8) is 0 Å². The molecule has 0 spiro atoms. The maximum Gasteiger partial charge on any atom is 0.256 e. The molecule has 1 aliphatic rings. The average Bonchev–Trinajstić information content (AvgIpc) is 3.28. The van der Waals surface area contributed by atoms with Gasteiger partial charge in [0, 0.05) is 18.0 Å². The Kier molecular flexibility index (Phi) is 6.00. The Bertz CT molecular complexity index is 756. The summed E-state index contributed by atoms with van der Waals surface area (Å²) in [4.78, 5) is 15.4. The minimum atomic E-state index is -0.233. The first kappa shape index (κ1) is 19.6. The van der Waals surface area contributed by atoms with Crippen LogP contribution in [-0.4, -0.2) is 41.6 Å². The molecule has 1 aromatic heterocycles. The molecule has 1 saturated heterocycles. The van der Waals surface area contributed by atoms with Crippen LogP contribution in [0.15, 0.2) is 34.9 Å². The molecular formula is C22H31N3O2. The maximum absolute atomic E-state index is 12.9. The van der Waals surface area contributed by atoms with Crippen LogP contribution in [0, 0.1) is 6.92 Å². The fraction of sp³-hybridized carbons (Fsp3) is 0.545. The molecule has 5 heteroatoms. The third-order valence-corrected chi connectivity index (χ3v) is 5.27. The second-order valence-electron chi connectivity index (χ2n) is 8.51. The summed E-state index contributed by atoms with van der Waals surface area (Å²) in [6, 6.07) is 10.8. The highest BCUT2D eigenvalue weighted by molar-refractivity contribution is 5.96. The SMILES string of the molecule is Cc1onc(C(C)(C)C)c1C(=O)NCC(Cc1ccccc1)N1CCCC1. The Morgan fingerprint density at radius 2 is 1.89 bits per heavy atom. The zero-order valence-corrected chi connectivity index (χ0v) is 16.9. The molecular weight excluding hydrogens is 338 g/mol. The molecule has 1 atom stereocenters. The predicted octanol–water partition coefficient (Wildman–Crippen LogP) is 3.72. The Balaban J connectivity index is 1.72. The summed E-state index contributed by atoms with van der Waals surface area (Å²) in [5.74, 6) is 0.495. The Morgan fingerprint density at radius 1 is 1.22 bits per heavy atom. The van der Waals surface area contributed by atoms with Gasteiger partial charge in [0.2, 0.25) is 0 Å². The highest BCUT2D eigenvalue weighted by Gasteiger charge is 2.30. The van der Waals surface area contributed by atoms with E-state index in [1.54, 1.807) is 6.92 Å². The molecule has 2 aromatic rings. The van der Waals surface area contributed by atoms with E-state index in [-0.39, 0.29) is 11.3 Å². The summed E-state index contributed by atoms with van der Waals surface area (Å²) < 4.78 is 5.32. The smallest absolute Gasteiger partial charge is 0.256 e. The van der Waals surface area contributed by atoms with Crippen molar-refractivity contribution >= 4 is 5.91 Å². The highest BCUT2D eigenvalue weighted by atomic mass is 16.5. The van der Waals surface area contributed by atoms with Crippen LogP contribution in [0.25, 0.3) is 0 Å². The lowest BCUT2D eigenvalue weighted by molar-refractivity contribution is 0.0934. The molecule has 2 heterocycles. The molecule has 1 aromatic carbocycles. The fourth-order valence-corrected chi connectivity index (χ4v) is 3.77. The molecule has 0 aliphatic carbocycles. The van der Waals surface area contributed by atoms with Gasteiger partial charge < -0.3 is 9.84 Å². The molecule has 1 aliphatic heterocycles. The van der Waals surface area contributed by atoms with Gasteiger partial charge in [-0.15, -0.1) is 0 Å². The number of nitrogens with one attached hydrogen (secondary N) is 1. The van der Waals surface area contributed by atoms with Gasteiger partial charge in [0.1, 0.15) is 17.0 Å². The summed E-state index contributed by atoms with van der Waals surface area (Å²) in [5.41, 5.74) is 2.38. The molecule has 146 valence electrons. The van der Waals surface area contributed by atoms with E-state index in [4.69, 9.17) is 4.52 Å². The largest absolute Gasteiger partial charge is 0.361 e. The van der Waals surface area contributed by atoms with Crippen molar-refractivity contribution in [1.29, 1.82) is 0 Å². The van der Waals surface area contributed by atoms with Crippen LogP contribution in [0.1, 0.15) is 61.0 Å². The van der Waals surface area contributed by atoms with Crippen molar-refractivity contribution in [2.24, 2.45) is 0 Å². The zero-order valence-electron chi connectivity index (χ0n) is 16.9. The van der Waals surface area contributed by atoms with Gasteiger partial charge in [0.05, 0.1) is 0 Å². The molecule has 27 heavy (non-hydrogen) atoms. The number of rotatable bonds is 6. The van der Waals surface area contributed by atoms with E-state index in [9.17, 15) is 4.79 Å². The van der Waals surface area contributed by atoms with Crippen molar-refractivity contribution < 1.29 is 9.32 Å². The molecule has 0 bridgehead atoms. The normalized spacial score (nSPS) is 16.4. The summed E-state index contributed by atoms with van der Waals surface area (Å²) in [6.45, 7) is 10.8. The van der Waals surface area contributed by atoms with Crippen molar-refractivity contribution in [2.75, 3.05) is 19.6 Å². The van der Waals surface area contributed by atoms with Crippen LogP contribution in [0.2, 0.25) is 0 Å². The second-order valence-corrected chi connectivity index (χ2v) is 8.51. The Morgan fingerprint density at radius 3 is 2.52 bits per heavy atom. The first-order valence-corrected chi connectivity index (χ1v) is 9.89. The van der Waals surface area contributed by atoms with Crippen LogP contribution >= 0.6 is 0 Å². The predicted molar refractivity (Wildman–Crippen MR) is 107 cm³/mol. The number of aryl methyl sites for hydroxylation is 1. The third-order valence-electron chi connectivity index (χ3n) is 5.27. The molecule has 3 rings (SSSR count). The average molecular weight is 370 g/mol. The Labute approximate surface area is 162 Å². The Hall–Kier alpha value is -2.14. The number of aromatic nitrogens is 1. The summed E-state index contributed by atoms with van der Waals surface area (Å²) in [6.07, 6.45) is 3.41. The lowest BCUT2D eigenvalue weighted by atomic mass is 9.88. The fourth-order valence-electron chi connectivity index (χ4n) is 3.77. The molecule has 0 saturated carbocycles. The number of nitrogens with zero attached hydrogens (tertiary/aromatic N) is 2. The zero-order chi connectivity index (χ0) is 19.4. The summed E-state index contributed by atoms with van der Waals surface area (Å²) in [7, 11) is 0. The van der Waals surface area contributed by atoms with Crippen molar-refractivity contribution in [3.05, 3.63) is 52.9 Å². The lowest BCUT2D eigenvalue weighted by Crippen LogP contribution is -2.44. The number of benzene rings is 1. The van der Waals surface area contributed by atoms with Gasteiger partial charge in [0.25, 0.3) is 5.91 Å². The van der Waals surface area contributed by atoms with Gasteiger partial charge >= 0.3 is 0 Å². The van der Waals surface area contributed by atoms with Gasteiger partial charge in [-0.1, -0.05) is 56.3 Å². The van der Waals surface area contributed by atoms with Crippen LogP contribution < -0.4 is 5.32 Å². The highest BCUT2D eigenvalue weighted by Crippen LogP contribution is 2.27. The second kappa shape index (κ2) is 8.26. The molecule has 1 N–H and O–H groups in total. The van der Waals surface area contributed by atoms with E-state index in [0.717, 1.165) is 25.2 Å². The third kappa shape index (κ3) is 4.78. The molecule has 5 nitrogen and oxygen atoms in total. The topological polar surface area (TPSA) is 58.4 Å². The van der Waals surface area contributed by atoms with E-state index < -0.39 is 0 Å². The quantitative estimate of drug-likeness (QED) is 0.843. The first-order valence-electron chi connectivity index (χ1n) is 9.89.